The van der Waals surface area contributed by atoms with E-state index in [1.54, 1.807) is 59.8 Å². The topological polar surface area (TPSA) is 97.2 Å². The van der Waals surface area contributed by atoms with Gasteiger partial charge >= 0.3 is 0 Å². The zero-order chi connectivity index (χ0) is 21.0. The molecule has 1 saturated heterocycles. The van der Waals surface area contributed by atoms with Crippen molar-refractivity contribution in [2.75, 3.05) is 18.4 Å². The molecule has 0 radical (unpaired) electrons. The molecule has 8 nitrogen and oxygen atoms in total. The number of aromatic nitrogens is 3. The van der Waals surface area contributed by atoms with E-state index >= 15 is 0 Å². The minimum atomic E-state index is -3.61. The van der Waals surface area contributed by atoms with E-state index < -0.39 is 10.0 Å². The first kappa shape index (κ1) is 20.2. The Labute approximate surface area is 175 Å². The van der Waals surface area contributed by atoms with Crippen LogP contribution in [0, 0.1) is 0 Å². The molecule has 1 aliphatic heterocycles. The summed E-state index contributed by atoms with van der Waals surface area (Å²) in [5.74, 6) is 0.288. The number of rotatable bonds is 5. The highest BCUT2D eigenvalue weighted by Crippen LogP contribution is 2.21. The van der Waals surface area contributed by atoms with Crippen LogP contribution in [0.15, 0.2) is 66.2 Å². The summed E-state index contributed by atoms with van der Waals surface area (Å²) >= 11 is 0. The molecule has 1 N–H and O–H groups in total. The van der Waals surface area contributed by atoms with Crippen molar-refractivity contribution in [1.82, 2.24) is 18.8 Å². The van der Waals surface area contributed by atoms with Gasteiger partial charge in [-0.2, -0.15) is 4.31 Å². The van der Waals surface area contributed by atoms with E-state index in [4.69, 9.17) is 0 Å². The number of carbonyl (C=O) groups is 1. The maximum Gasteiger partial charge on any atom is 0.255 e. The molecule has 3 aromatic rings. The zero-order valence-electron chi connectivity index (χ0n) is 16.4. The fraction of sp³-hybridized carbons (Fsp3) is 0.286. The van der Waals surface area contributed by atoms with Gasteiger partial charge in [0.1, 0.15) is 12.1 Å². The molecule has 0 bridgehead atoms. The number of nitrogens with zero attached hydrogens (tertiary/aromatic N) is 4. The number of hydrogen-bond acceptors (Lipinski definition) is 5. The molecule has 156 valence electrons. The van der Waals surface area contributed by atoms with E-state index in [-0.39, 0.29) is 16.4 Å². The molecule has 0 unspecified atom stereocenters. The van der Waals surface area contributed by atoms with Gasteiger partial charge in [0.15, 0.2) is 0 Å². The highest BCUT2D eigenvalue weighted by Gasteiger charge is 2.25. The van der Waals surface area contributed by atoms with Crippen molar-refractivity contribution < 1.29 is 13.2 Å². The normalized spacial score (nSPS) is 15.5. The lowest BCUT2D eigenvalue weighted by Crippen LogP contribution is -2.32. The van der Waals surface area contributed by atoms with Gasteiger partial charge < -0.3 is 5.32 Å². The summed E-state index contributed by atoms with van der Waals surface area (Å²) in [6.07, 6.45) is 10.4. The van der Waals surface area contributed by atoms with Gasteiger partial charge in [-0.3, -0.25) is 9.36 Å². The largest absolute Gasteiger partial charge is 0.321 e. The van der Waals surface area contributed by atoms with E-state index in [1.165, 1.54) is 10.4 Å². The van der Waals surface area contributed by atoms with E-state index in [0.29, 0.717) is 24.6 Å². The van der Waals surface area contributed by atoms with Crippen LogP contribution in [-0.2, 0) is 10.0 Å². The number of amides is 1. The van der Waals surface area contributed by atoms with Crippen LogP contribution in [0.5, 0.6) is 0 Å². The molecule has 0 atom stereocenters. The number of imidazole rings is 1. The van der Waals surface area contributed by atoms with E-state index in [2.05, 4.69) is 15.3 Å². The van der Waals surface area contributed by atoms with Crippen molar-refractivity contribution in [2.45, 2.75) is 30.6 Å². The number of nitrogens with one attached hydrogen (secondary N) is 1. The molecule has 1 amide bonds. The molecule has 0 aliphatic carbocycles. The second kappa shape index (κ2) is 8.76. The third kappa shape index (κ3) is 4.42. The van der Waals surface area contributed by atoms with E-state index in [1.807, 2.05) is 0 Å². The molecule has 1 aliphatic rings. The summed E-state index contributed by atoms with van der Waals surface area (Å²) in [5.41, 5.74) is 0.800. The van der Waals surface area contributed by atoms with Crippen LogP contribution < -0.4 is 5.32 Å². The van der Waals surface area contributed by atoms with Gasteiger partial charge in [-0.15, -0.1) is 0 Å². The third-order valence-electron chi connectivity index (χ3n) is 5.07. The van der Waals surface area contributed by atoms with Crippen molar-refractivity contribution in [3.05, 3.63) is 66.9 Å². The van der Waals surface area contributed by atoms with Gasteiger partial charge in [-0.25, -0.2) is 18.4 Å². The quantitative estimate of drug-likeness (QED) is 0.678. The van der Waals surface area contributed by atoms with Gasteiger partial charge in [0.25, 0.3) is 5.91 Å². The molecular formula is C21H23N5O3S. The van der Waals surface area contributed by atoms with Gasteiger partial charge in [-0.1, -0.05) is 18.9 Å². The molecule has 30 heavy (non-hydrogen) atoms. The molecule has 9 heteroatoms. The SMILES string of the molecule is O=C(Nc1ccc(-n2ccnc2)nc1)c1cccc(S(=O)(=O)N2CCCCCC2)c1. The highest BCUT2D eigenvalue weighted by atomic mass is 32.2. The van der Waals surface area contributed by atoms with Crippen LogP contribution in [0.3, 0.4) is 0 Å². The first-order valence-corrected chi connectivity index (χ1v) is 11.3. The molecule has 0 saturated carbocycles. The van der Waals surface area contributed by atoms with Crippen LogP contribution in [-0.4, -0.2) is 46.3 Å². The Morgan fingerprint density at radius 2 is 1.83 bits per heavy atom. The molecule has 1 fully saturated rings. The average molecular weight is 426 g/mol. The zero-order valence-corrected chi connectivity index (χ0v) is 17.3. The lowest BCUT2D eigenvalue weighted by atomic mass is 10.2. The number of carbonyl (C=O) groups excluding carboxylic acids is 1. The highest BCUT2D eigenvalue weighted by molar-refractivity contribution is 7.89. The summed E-state index contributed by atoms with van der Waals surface area (Å²) in [5, 5.41) is 2.76. The first-order chi connectivity index (χ1) is 14.5. The van der Waals surface area contributed by atoms with Gasteiger partial charge in [0, 0.05) is 31.0 Å². The van der Waals surface area contributed by atoms with Crippen LogP contribution in [0.1, 0.15) is 36.0 Å². The van der Waals surface area contributed by atoms with Crippen molar-refractivity contribution in [3.63, 3.8) is 0 Å². The molecule has 1 aromatic carbocycles. The number of benzene rings is 1. The predicted molar refractivity (Wildman–Crippen MR) is 113 cm³/mol. The Kier molecular flexibility index (Phi) is 5.91. The van der Waals surface area contributed by atoms with Crippen molar-refractivity contribution >= 4 is 21.6 Å². The number of anilines is 1. The molecular weight excluding hydrogens is 402 g/mol. The van der Waals surface area contributed by atoms with E-state index in [9.17, 15) is 13.2 Å². The Hall–Kier alpha value is -3.04. The van der Waals surface area contributed by atoms with Gasteiger partial charge in [0.05, 0.1) is 16.8 Å². The molecule has 0 spiro atoms. The number of sulfonamides is 1. The lowest BCUT2D eigenvalue weighted by Gasteiger charge is -2.20. The molecule has 4 rings (SSSR count). The summed E-state index contributed by atoms with van der Waals surface area (Å²) < 4.78 is 29.3. The maximum atomic E-state index is 13.0. The Bertz CT molecular complexity index is 1100. The second-order valence-electron chi connectivity index (χ2n) is 7.18. The Morgan fingerprint density at radius 1 is 1.03 bits per heavy atom. The fourth-order valence-corrected chi connectivity index (χ4v) is 5.00. The van der Waals surface area contributed by atoms with Gasteiger partial charge in [0.2, 0.25) is 10.0 Å². The summed E-state index contributed by atoms with van der Waals surface area (Å²) in [4.78, 5) is 21.1. The van der Waals surface area contributed by atoms with Gasteiger partial charge in [-0.05, 0) is 43.2 Å². The standard InChI is InChI=1S/C21H23N5O3S/c27-21(24-18-8-9-20(23-15-18)25-13-10-22-16-25)17-6-5-7-19(14-17)30(28,29)26-11-3-1-2-4-12-26/h5-10,13-16H,1-4,11-12H2,(H,24,27). The summed E-state index contributed by atoms with van der Waals surface area (Å²) in [7, 11) is -3.61. The third-order valence-corrected chi connectivity index (χ3v) is 6.97. The smallest absolute Gasteiger partial charge is 0.255 e. The molecule has 3 heterocycles. The summed E-state index contributed by atoms with van der Waals surface area (Å²) in [6, 6.07) is 9.67. The lowest BCUT2D eigenvalue weighted by molar-refractivity contribution is 0.102. The van der Waals surface area contributed by atoms with Crippen LogP contribution in [0.25, 0.3) is 5.82 Å². The van der Waals surface area contributed by atoms with E-state index in [0.717, 1.165) is 25.7 Å². The minimum absolute atomic E-state index is 0.144. The predicted octanol–water partition coefficient (Wildman–Crippen LogP) is 3.08. The van der Waals surface area contributed by atoms with Crippen molar-refractivity contribution in [3.8, 4) is 5.82 Å². The number of pyridine rings is 1. The Morgan fingerprint density at radius 3 is 2.50 bits per heavy atom. The second-order valence-corrected chi connectivity index (χ2v) is 9.11. The van der Waals surface area contributed by atoms with Crippen LogP contribution in [0.4, 0.5) is 5.69 Å². The fourth-order valence-electron chi connectivity index (χ4n) is 3.44. The monoisotopic (exact) mass is 425 g/mol. The number of hydrogen-bond donors (Lipinski definition) is 1. The maximum absolute atomic E-state index is 13.0. The van der Waals surface area contributed by atoms with Crippen LogP contribution in [0.2, 0.25) is 0 Å². The Balaban J connectivity index is 1.50. The van der Waals surface area contributed by atoms with Crippen LogP contribution >= 0.6 is 0 Å². The first-order valence-electron chi connectivity index (χ1n) is 9.90. The van der Waals surface area contributed by atoms with Crippen molar-refractivity contribution in [1.29, 1.82) is 0 Å². The average Bonchev–Trinajstić information content (AvgIpc) is 3.16. The molecule has 2 aromatic heterocycles. The minimum Gasteiger partial charge on any atom is -0.321 e. The van der Waals surface area contributed by atoms with Crippen molar-refractivity contribution in [2.24, 2.45) is 0 Å². The summed E-state index contributed by atoms with van der Waals surface area (Å²) in [6.45, 7) is 1.04.